The van der Waals surface area contributed by atoms with Crippen molar-refractivity contribution >= 4 is 8.32 Å². The molecule has 0 unspecified atom stereocenters. The van der Waals surface area contributed by atoms with Gasteiger partial charge in [-0.25, -0.2) is 0 Å². The molecule has 120 valence electrons. The van der Waals surface area contributed by atoms with Crippen LogP contribution in [0, 0.1) is 11.8 Å². The lowest BCUT2D eigenvalue weighted by molar-refractivity contribution is 0.0146. The molecule has 0 saturated heterocycles. The van der Waals surface area contributed by atoms with Gasteiger partial charge in [0, 0.05) is 19.1 Å². The molecule has 0 amide bonds. The Hall–Kier alpha value is -0.123. The van der Waals surface area contributed by atoms with E-state index in [1.54, 1.807) is 7.11 Å². The molecule has 0 heterocycles. The molecule has 0 aliphatic heterocycles. The molecule has 0 aliphatic carbocycles. The molecule has 3 heteroatoms. The van der Waals surface area contributed by atoms with E-state index in [-0.39, 0.29) is 17.2 Å². The van der Waals surface area contributed by atoms with Gasteiger partial charge in [0.15, 0.2) is 8.32 Å². The van der Waals surface area contributed by atoms with Crippen LogP contribution in [0.5, 0.6) is 0 Å². The average molecular weight is 301 g/mol. The van der Waals surface area contributed by atoms with Crippen molar-refractivity contribution in [2.24, 2.45) is 11.8 Å². The largest absolute Gasteiger partial charge is 0.414 e. The lowest BCUT2D eigenvalue weighted by Gasteiger charge is -2.41. The first kappa shape index (κ1) is 19.9. The van der Waals surface area contributed by atoms with Gasteiger partial charge in [0.1, 0.15) is 0 Å². The summed E-state index contributed by atoms with van der Waals surface area (Å²) in [5, 5.41) is 0.243. The Morgan fingerprint density at radius 1 is 1.10 bits per heavy atom. The van der Waals surface area contributed by atoms with E-state index in [4.69, 9.17) is 9.16 Å². The molecule has 0 fully saturated rings. The number of rotatable bonds is 8. The van der Waals surface area contributed by atoms with Crippen LogP contribution in [0.1, 0.15) is 48.0 Å². The standard InChI is InChI=1S/C17H36O2Si/c1-11-14(4)16(18-8)12-15(13(2)3)19-20(9,10)17(5,6)7/h11,13-16H,1,12H2,2-10H3/t14-,15-,16-/m0/s1. The second kappa shape index (κ2) is 7.76. The summed E-state index contributed by atoms with van der Waals surface area (Å²) in [6.45, 7) is 22.0. The van der Waals surface area contributed by atoms with E-state index in [9.17, 15) is 0 Å². The van der Waals surface area contributed by atoms with E-state index in [0.29, 0.717) is 11.8 Å². The predicted molar refractivity (Wildman–Crippen MR) is 91.7 cm³/mol. The van der Waals surface area contributed by atoms with Gasteiger partial charge in [-0.2, -0.15) is 0 Å². The van der Waals surface area contributed by atoms with Gasteiger partial charge in [0.2, 0.25) is 0 Å². The van der Waals surface area contributed by atoms with Crippen molar-refractivity contribution in [2.75, 3.05) is 7.11 Å². The highest BCUT2D eigenvalue weighted by molar-refractivity contribution is 6.74. The summed E-state index contributed by atoms with van der Waals surface area (Å²) >= 11 is 0. The van der Waals surface area contributed by atoms with Gasteiger partial charge in [-0.15, -0.1) is 6.58 Å². The minimum absolute atomic E-state index is 0.185. The van der Waals surface area contributed by atoms with E-state index in [1.165, 1.54) is 0 Å². The van der Waals surface area contributed by atoms with Crippen molar-refractivity contribution in [3.8, 4) is 0 Å². The highest BCUT2D eigenvalue weighted by Crippen LogP contribution is 2.39. The fourth-order valence-electron chi connectivity index (χ4n) is 1.92. The Morgan fingerprint density at radius 3 is 1.90 bits per heavy atom. The fraction of sp³-hybridized carbons (Fsp3) is 0.882. The van der Waals surface area contributed by atoms with Crippen LogP contribution in [0.3, 0.4) is 0 Å². The van der Waals surface area contributed by atoms with Crippen molar-refractivity contribution < 1.29 is 9.16 Å². The Morgan fingerprint density at radius 2 is 1.60 bits per heavy atom. The summed E-state index contributed by atoms with van der Waals surface area (Å²) in [4.78, 5) is 0. The third kappa shape index (κ3) is 5.70. The van der Waals surface area contributed by atoms with Gasteiger partial charge < -0.3 is 9.16 Å². The molecule has 0 N–H and O–H groups in total. The summed E-state index contributed by atoms with van der Waals surface area (Å²) in [7, 11) is 0.0494. The van der Waals surface area contributed by atoms with Crippen LogP contribution < -0.4 is 0 Å². The molecule has 3 atom stereocenters. The van der Waals surface area contributed by atoms with Gasteiger partial charge in [-0.3, -0.25) is 0 Å². The summed E-state index contributed by atoms with van der Waals surface area (Å²) in [5.74, 6) is 0.850. The summed E-state index contributed by atoms with van der Waals surface area (Å²) in [6.07, 6.45) is 3.35. The van der Waals surface area contributed by atoms with Crippen molar-refractivity contribution in [1.82, 2.24) is 0 Å². The first-order valence-corrected chi connectivity index (χ1v) is 10.7. The maximum absolute atomic E-state index is 6.62. The summed E-state index contributed by atoms with van der Waals surface area (Å²) in [6, 6.07) is 0. The van der Waals surface area contributed by atoms with Gasteiger partial charge in [-0.1, -0.05) is 47.6 Å². The number of hydrogen-bond acceptors (Lipinski definition) is 2. The highest BCUT2D eigenvalue weighted by atomic mass is 28.4. The Bertz CT molecular complexity index is 292. The van der Waals surface area contributed by atoms with E-state index < -0.39 is 8.32 Å². The van der Waals surface area contributed by atoms with Crippen LogP contribution >= 0.6 is 0 Å². The molecule has 0 spiro atoms. The average Bonchev–Trinajstić information content (AvgIpc) is 2.31. The number of methoxy groups -OCH3 is 1. The molecule has 20 heavy (non-hydrogen) atoms. The van der Waals surface area contributed by atoms with E-state index in [1.807, 2.05) is 6.08 Å². The van der Waals surface area contributed by atoms with Crippen molar-refractivity contribution in [1.29, 1.82) is 0 Å². The number of hydrogen-bond donors (Lipinski definition) is 0. The van der Waals surface area contributed by atoms with Crippen molar-refractivity contribution in [3.63, 3.8) is 0 Å². The molecule has 0 aromatic rings. The summed E-state index contributed by atoms with van der Waals surface area (Å²) in [5.41, 5.74) is 0. The van der Waals surface area contributed by atoms with Crippen LogP contribution in [0.15, 0.2) is 12.7 Å². The highest BCUT2D eigenvalue weighted by Gasteiger charge is 2.40. The molecular weight excluding hydrogens is 264 g/mol. The van der Waals surface area contributed by atoms with Crippen molar-refractivity contribution in [3.05, 3.63) is 12.7 Å². The second-order valence-electron chi connectivity index (χ2n) is 7.77. The van der Waals surface area contributed by atoms with Gasteiger partial charge in [-0.05, 0) is 30.5 Å². The first-order valence-electron chi connectivity index (χ1n) is 7.79. The zero-order chi connectivity index (χ0) is 16.1. The zero-order valence-electron chi connectivity index (χ0n) is 15.1. The van der Waals surface area contributed by atoms with E-state index in [2.05, 4.69) is 61.2 Å². The quantitative estimate of drug-likeness (QED) is 0.449. The fourth-order valence-corrected chi connectivity index (χ4v) is 3.40. The molecule has 2 nitrogen and oxygen atoms in total. The van der Waals surface area contributed by atoms with Crippen LogP contribution in [-0.2, 0) is 9.16 Å². The van der Waals surface area contributed by atoms with E-state index in [0.717, 1.165) is 6.42 Å². The molecule has 0 aromatic carbocycles. The zero-order valence-corrected chi connectivity index (χ0v) is 16.1. The normalized spacial score (nSPS) is 17.9. The molecule has 0 rings (SSSR count). The van der Waals surface area contributed by atoms with Crippen LogP contribution in [0.25, 0.3) is 0 Å². The van der Waals surface area contributed by atoms with Crippen LogP contribution in [0.2, 0.25) is 18.1 Å². The lowest BCUT2D eigenvalue weighted by Crippen LogP contribution is -2.46. The molecule has 0 aromatic heterocycles. The smallest absolute Gasteiger partial charge is 0.192 e. The predicted octanol–water partition coefficient (Wildman–Crippen LogP) is 5.26. The maximum atomic E-state index is 6.62. The minimum Gasteiger partial charge on any atom is -0.414 e. The monoisotopic (exact) mass is 300 g/mol. The topological polar surface area (TPSA) is 18.5 Å². The van der Waals surface area contributed by atoms with Crippen LogP contribution in [0.4, 0.5) is 0 Å². The van der Waals surface area contributed by atoms with Gasteiger partial charge in [0.05, 0.1) is 6.10 Å². The number of ether oxygens (including phenoxy) is 1. The SMILES string of the molecule is C=C[C@H](C)[C@H](C[C@H](O[Si](C)(C)C(C)(C)C)C(C)C)OC. The molecule has 0 radical (unpaired) electrons. The van der Waals surface area contributed by atoms with Crippen molar-refractivity contribution in [2.45, 2.75) is 78.3 Å². The lowest BCUT2D eigenvalue weighted by atomic mass is 9.94. The Labute approximate surface area is 128 Å². The minimum atomic E-state index is -1.74. The molecule has 0 bridgehead atoms. The van der Waals surface area contributed by atoms with Gasteiger partial charge in [0.25, 0.3) is 0 Å². The summed E-state index contributed by atoms with van der Waals surface area (Å²) < 4.78 is 12.3. The third-order valence-electron chi connectivity index (χ3n) is 4.72. The van der Waals surface area contributed by atoms with Crippen LogP contribution in [-0.4, -0.2) is 27.6 Å². The third-order valence-corrected chi connectivity index (χ3v) is 9.23. The first-order chi connectivity index (χ1) is 8.96. The molecular formula is C17H36O2Si. The second-order valence-corrected chi connectivity index (χ2v) is 12.5. The molecule has 0 saturated carbocycles. The Kier molecular flexibility index (Phi) is 7.72. The van der Waals surface area contributed by atoms with Gasteiger partial charge >= 0.3 is 0 Å². The van der Waals surface area contributed by atoms with E-state index >= 15 is 0 Å². The molecule has 0 aliphatic rings. The Balaban J connectivity index is 4.95. The maximum Gasteiger partial charge on any atom is 0.192 e.